The summed E-state index contributed by atoms with van der Waals surface area (Å²) in [5.41, 5.74) is -1.17. The first-order chi connectivity index (χ1) is 9.72. The van der Waals surface area contributed by atoms with Gasteiger partial charge in [0.15, 0.2) is 0 Å². The lowest BCUT2D eigenvalue weighted by atomic mass is 9.96. The number of sulfonamides is 1. The van der Waals surface area contributed by atoms with Crippen molar-refractivity contribution in [3.05, 3.63) is 29.8 Å². The van der Waals surface area contributed by atoms with Gasteiger partial charge in [-0.15, -0.1) is 11.6 Å². The molecule has 1 fully saturated rings. The van der Waals surface area contributed by atoms with Crippen LogP contribution in [0.1, 0.15) is 31.2 Å². The molecule has 8 heteroatoms. The first-order valence-electron chi connectivity index (χ1n) is 6.54. The highest BCUT2D eigenvalue weighted by Crippen LogP contribution is 2.34. The topological polar surface area (TPSA) is 46.2 Å². The molecule has 0 heterocycles. The minimum Gasteiger partial charge on any atom is -0.207 e. The maximum Gasteiger partial charge on any atom is 0.417 e. The van der Waals surface area contributed by atoms with E-state index in [0.29, 0.717) is 12.8 Å². The summed E-state index contributed by atoms with van der Waals surface area (Å²) in [6, 6.07) is 3.60. The SMILES string of the molecule is O=S(=O)(NC1CCCCC1Cl)c1ccccc1C(F)(F)F. The molecule has 0 amide bonds. The molecule has 1 aromatic carbocycles. The van der Waals surface area contributed by atoms with Crippen LogP contribution in [0, 0.1) is 0 Å². The number of hydrogen-bond donors (Lipinski definition) is 1. The zero-order valence-corrected chi connectivity index (χ0v) is 12.6. The fourth-order valence-corrected chi connectivity index (χ4v) is 4.37. The highest BCUT2D eigenvalue weighted by atomic mass is 35.5. The smallest absolute Gasteiger partial charge is 0.207 e. The van der Waals surface area contributed by atoms with Crippen LogP contribution in [0.25, 0.3) is 0 Å². The van der Waals surface area contributed by atoms with Crippen LogP contribution in [0.15, 0.2) is 29.2 Å². The molecule has 0 radical (unpaired) electrons. The molecule has 1 aromatic rings. The van der Waals surface area contributed by atoms with Gasteiger partial charge in [-0.3, -0.25) is 0 Å². The van der Waals surface area contributed by atoms with Crippen LogP contribution in [0.2, 0.25) is 0 Å². The number of benzene rings is 1. The van der Waals surface area contributed by atoms with Crippen LogP contribution in [0.5, 0.6) is 0 Å². The minimum atomic E-state index is -4.72. The standard InChI is InChI=1S/C13H15ClF3NO2S/c14-10-6-2-3-7-11(10)18-21(19,20)12-8-4-1-5-9(12)13(15,16)17/h1,4-5,8,10-11,18H,2-3,6-7H2. The summed E-state index contributed by atoms with van der Waals surface area (Å²) in [6.07, 6.45) is -1.85. The van der Waals surface area contributed by atoms with E-state index in [0.717, 1.165) is 31.0 Å². The van der Waals surface area contributed by atoms with Crippen LogP contribution in [0.3, 0.4) is 0 Å². The Labute approximate surface area is 126 Å². The van der Waals surface area contributed by atoms with Crippen LogP contribution < -0.4 is 4.72 Å². The fraction of sp³-hybridized carbons (Fsp3) is 0.538. The predicted octanol–water partition coefficient (Wildman–Crippen LogP) is 3.53. The molecule has 1 N–H and O–H groups in total. The zero-order chi connectivity index (χ0) is 15.7. The Bertz CT molecular complexity index is 604. The first-order valence-corrected chi connectivity index (χ1v) is 8.46. The van der Waals surface area contributed by atoms with Crippen molar-refractivity contribution in [2.24, 2.45) is 0 Å². The van der Waals surface area contributed by atoms with Crippen molar-refractivity contribution in [2.45, 2.75) is 48.2 Å². The van der Waals surface area contributed by atoms with E-state index in [4.69, 9.17) is 11.6 Å². The Morgan fingerprint density at radius 3 is 2.38 bits per heavy atom. The van der Waals surface area contributed by atoms with E-state index < -0.39 is 38.1 Å². The van der Waals surface area contributed by atoms with Gasteiger partial charge in [-0.1, -0.05) is 25.0 Å². The number of nitrogens with one attached hydrogen (secondary N) is 1. The number of alkyl halides is 4. The van der Waals surface area contributed by atoms with Gasteiger partial charge in [-0.25, -0.2) is 13.1 Å². The summed E-state index contributed by atoms with van der Waals surface area (Å²) < 4.78 is 65.5. The van der Waals surface area contributed by atoms with E-state index in [-0.39, 0.29) is 0 Å². The summed E-state index contributed by atoms with van der Waals surface area (Å²) in [5, 5.41) is -0.397. The van der Waals surface area contributed by atoms with Gasteiger partial charge in [0.05, 0.1) is 10.5 Å². The fourth-order valence-electron chi connectivity index (χ4n) is 2.42. The normalized spacial score (nSPS) is 24.0. The molecule has 118 valence electrons. The third-order valence-electron chi connectivity index (χ3n) is 3.47. The maximum absolute atomic E-state index is 12.9. The largest absolute Gasteiger partial charge is 0.417 e. The molecule has 2 unspecified atom stereocenters. The quantitative estimate of drug-likeness (QED) is 0.855. The van der Waals surface area contributed by atoms with Crippen LogP contribution in [-0.4, -0.2) is 19.8 Å². The molecule has 2 rings (SSSR count). The van der Waals surface area contributed by atoms with E-state index in [2.05, 4.69) is 4.72 Å². The summed E-state index contributed by atoms with van der Waals surface area (Å²) in [6.45, 7) is 0. The van der Waals surface area contributed by atoms with Gasteiger partial charge in [0, 0.05) is 11.4 Å². The highest BCUT2D eigenvalue weighted by molar-refractivity contribution is 7.89. The van der Waals surface area contributed by atoms with E-state index in [1.807, 2.05) is 0 Å². The van der Waals surface area contributed by atoms with Crippen molar-refractivity contribution in [1.29, 1.82) is 0 Å². The van der Waals surface area contributed by atoms with Crippen molar-refractivity contribution in [1.82, 2.24) is 4.72 Å². The van der Waals surface area contributed by atoms with Gasteiger partial charge in [-0.2, -0.15) is 13.2 Å². The lowest BCUT2D eigenvalue weighted by Gasteiger charge is -2.28. The second-order valence-corrected chi connectivity index (χ2v) is 7.27. The first kappa shape index (κ1) is 16.6. The van der Waals surface area contributed by atoms with Gasteiger partial charge < -0.3 is 0 Å². The van der Waals surface area contributed by atoms with Gasteiger partial charge in [0.1, 0.15) is 0 Å². The average molecular weight is 342 g/mol. The van der Waals surface area contributed by atoms with Crippen molar-refractivity contribution < 1.29 is 21.6 Å². The van der Waals surface area contributed by atoms with Crippen LogP contribution in [0.4, 0.5) is 13.2 Å². The highest BCUT2D eigenvalue weighted by Gasteiger charge is 2.38. The Hall–Kier alpha value is -0.790. The Morgan fingerprint density at radius 1 is 1.14 bits per heavy atom. The Balaban J connectivity index is 2.32. The summed E-state index contributed by atoms with van der Waals surface area (Å²) in [5.74, 6) is 0. The lowest BCUT2D eigenvalue weighted by molar-refractivity contribution is -0.139. The molecule has 0 bridgehead atoms. The third-order valence-corrected chi connectivity index (χ3v) is 5.54. The van der Waals surface area contributed by atoms with Gasteiger partial charge in [0.2, 0.25) is 10.0 Å². The summed E-state index contributed by atoms with van der Waals surface area (Å²) in [4.78, 5) is -0.757. The Morgan fingerprint density at radius 2 is 1.76 bits per heavy atom. The number of hydrogen-bond acceptors (Lipinski definition) is 2. The van der Waals surface area contributed by atoms with E-state index in [9.17, 15) is 21.6 Å². The van der Waals surface area contributed by atoms with E-state index in [1.54, 1.807) is 0 Å². The van der Waals surface area contributed by atoms with E-state index in [1.165, 1.54) is 6.07 Å². The van der Waals surface area contributed by atoms with Crippen molar-refractivity contribution in [3.63, 3.8) is 0 Å². The molecule has 0 spiro atoms. The van der Waals surface area contributed by atoms with Gasteiger partial charge in [-0.05, 0) is 25.0 Å². The second kappa shape index (κ2) is 6.14. The molecule has 0 saturated heterocycles. The van der Waals surface area contributed by atoms with Crippen LogP contribution >= 0.6 is 11.6 Å². The minimum absolute atomic E-state index is 0.397. The van der Waals surface area contributed by atoms with Gasteiger partial charge in [0.25, 0.3) is 0 Å². The molecule has 0 aliphatic heterocycles. The molecule has 1 saturated carbocycles. The number of halogens is 4. The molecule has 1 aliphatic rings. The molecular weight excluding hydrogens is 327 g/mol. The average Bonchev–Trinajstić information content (AvgIpc) is 2.40. The molecule has 1 aliphatic carbocycles. The van der Waals surface area contributed by atoms with Gasteiger partial charge >= 0.3 is 6.18 Å². The predicted molar refractivity (Wildman–Crippen MR) is 73.7 cm³/mol. The summed E-state index contributed by atoms with van der Waals surface area (Å²) in [7, 11) is -4.26. The summed E-state index contributed by atoms with van der Waals surface area (Å²) >= 11 is 6.06. The lowest BCUT2D eigenvalue weighted by Crippen LogP contribution is -2.43. The van der Waals surface area contributed by atoms with Crippen molar-refractivity contribution in [3.8, 4) is 0 Å². The van der Waals surface area contributed by atoms with Crippen molar-refractivity contribution in [2.75, 3.05) is 0 Å². The van der Waals surface area contributed by atoms with Crippen molar-refractivity contribution >= 4 is 21.6 Å². The Kier molecular flexibility index (Phi) is 4.85. The second-order valence-electron chi connectivity index (χ2n) is 5.02. The maximum atomic E-state index is 12.9. The van der Waals surface area contributed by atoms with E-state index >= 15 is 0 Å². The molecule has 0 aromatic heterocycles. The number of rotatable bonds is 3. The van der Waals surface area contributed by atoms with Crippen LogP contribution in [-0.2, 0) is 16.2 Å². The molecular formula is C13H15ClF3NO2S. The monoisotopic (exact) mass is 341 g/mol. The third kappa shape index (κ3) is 3.90. The molecule has 2 atom stereocenters. The molecule has 3 nitrogen and oxygen atoms in total. The molecule has 21 heavy (non-hydrogen) atoms. The zero-order valence-electron chi connectivity index (χ0n) is 11.0.